The lowest BCUT2D eigenvalue weighted by Crippen LogP contribution is -2.61. The van der Waals surface area contributed by atoms with Gasteiger partial charge in [0.25, 0.3) is 0 Å². The highest BCUT2D eigenvalue weighted by Crippen LogP contribution is 2.24. The minimum Gasteiger partial charge on any atom is -0.380 e. The van der Waals surface area contributed by atoms with Crippen molar-refractivity contribution in [3.8, 4) is 0 Å². The average Bonchev–Trinajstić information content (AvgIpc) is 2.35. The Bertz CT molecular complexity index is 181. The summed E-state index contributed by atoms with van der Waals surface area (Å²) in [6.45, 7) is 13.1. The van der Waals surface area contributed by atoms with Gasteiger partial charge < -0.3 is 10.1 Å². The summed E-state index contributed by atoms with van der Waals surface area (Å²) < 4.78 is 5.61. The summed E-state index contributed by atoms with van der Waals surface area (Å²) in [7, 11) is 0. The largest absolute Gasteiger partial charge is 0.380 e. The molecule has 0 saturated carbocycles. The van der Waals surface area contributed by atoms with Crippen LogP contribution in [0.4, 0.5) is 0 Å². The predicted octanol–water partition coefficient (Wildman–Crippen LogP) is 1.88. The molecule has 3 nitrogen and oxygen atoms in total. The van der Waals surface area contributed by atoms with Gasteiger partial charge in [0.05, 0.1) is 6.61 Å². The number of ether oxygens (including phenoxy) is 1. The summed E-state index contributed by atoms with van der Waals surface area (Å²) >= 11 is 0. The Hall–Kier alpha value is -0.120. The molecule has 0 spiro atoms. The van der Waals surface area contributed by atoms with E-state index in [2.05, 4.69) is 31.0 Å². The molecule has 3 heteroatoms. The lowest BCUT2D eigenvalue weighted by atomic mass is 9.88. The minimum absolute atomic E-state index is 0.369. The first kappa shape index (κ1) is 13.9. The molecule has 0 aromatic heterocycles. The van der Waals surface area contributed by atoms with Crippen LogP contribution in [0, 0.1) is 0 Å². The van der Waals surface area contributed by atoms with Gasteiger partial charge in [0, 0.05) is 38.3 Å². The van der Waals surface area contributed by atoms with E-state index in [1.807, 2.05) is 0 Å². The molecule has 96 valence electrons. The monoisotopic (exact) mass is 228 g/mol. The normalized spacial score (nSPS) is 21.2. The molecule has 0 amide bonds. The van der Waals surface area contributed by atoms with Gasteiger partial charge in [-0.1, -0.05) is 20.8 Å². The number of piperazine rings is 1. The van der Waals surface area contributed by atoms with Crippen molar-refractivity contribution >= 4 is 0 Å². The molecule has 0 aromatic rings. The highest BCUT2D eigenvalue weighted by atomic mass is 16.5. The average molecular weight is 228 g/mol. The fraction of sp³-hybridized carbons (Fsp3) is 1.00. The maximum absolute atomic E-state index is 5.61. The second-order valence-corrected chi connectivity index (χ2v) is 4.71. The fourth-order valence-electron chi connectivity index (χ4n) is 2.60. The Morgan fingerprint density at radius 3 is 2.56 bits per heavy atom. The summed E-state index contributed by atoms with van der Waals surface area (Å²) in [5.41, 5.74) is 0.369. The van der Waals surface area contributed by atoms with E-state index < -0.39 is 0 Å². The molecule has 1 aliphatic heterocycles. The molecular weight excluding hydrogens is 200 g/mol. The van der Waals surface area contributed by atoms with Crippen LogP contribution >= 0.6 is 0 Å². The summed E-state index contributed by atoms with van der Waals surface area (Å²) in [6.07, 6.45) is 3.57. The maximum atomic E-state index is 5.61. The zero-order valence-corrected chi connectivity index (χ0v) is 11.2. The molecule has 0 unspecified atom stereocenters. The smallest absolute Gasteiger partial charge is 0.0593 e. The second kappa shape index (κ2) is 7.25. The molecule has 1 N–H and O–H groups in total. The third-order valence-electron chi connectivity index (χ3n) is 3.85. The SMILES string of the molecule is CCCOCCN1CCNCC1(CC)CC. The molecule has 1 aliphatic rings. The standard InChI is InChI=1S/C13H28N2O/c1-4-10-16-11-9-15-8-7-14-12-13(15,5-2)6-3/h14H,4-12H2,1-3H3. The Morgan fingerprint density at radius 1 is 1.19 bits per heavy atom. The van der Waals surface area contributed by atoms with Crippen LogP contribution in [0.5, 0.6) is 0 Å². The van der Waals surface area contributed by atoms with Gasteiger partial charge in [0.15, 0.2) is 0 Å². The van der Waals surface area contributed by atoms with Gasteiger partial charge in [-0.05, 0) is 19.3 Å². The maximum Gasteiger partial charge on any atom is 0.0593 e. The van der Waals surface area contributed by atoms with E-state index in [0.29, 0.717) is 5.54 Å². The second-order valence-electron chi connectivity index (χ2n) is 4.71. The summed E-state index contributed by atoms with van der Waals surface area (Å²) in [6, 6.07) is 0. The first-order valence-corrected chi connectivity index (χ1v) is 6.82. The van der Waals surface area contributed by atoms with Gasteiger partial charge >= 0.3 is 0 Å². The molecular formula is C13H28N2O. The van der Waals surface area contributed by atoms with E-state index in [1.165, 1.54) is 12.8 Å². The van der Waals surface area contributed by atoms with Crippen molar-refractivity contribution in [2.24, 2.45) is 0 Å². The van der Waals surface area contributed by atoms with E-state index in [1.54, 1.807) is 0 Å². The fourth-order valence-corrected chi connectivity index (χ4v) is 2.60. The first-order valence-electron chi connectivity index (χ1n) is 6.82. The number of hydrogen-bond donors (Lipinski definition) is 1. The number of rotatable bonds is 7. The quantitative estimate of drug-likeness (QED) is 0.673. The Kier molecular flexibility index (Phi) is 6.32. The summed E-state index contributed by atoms with van der Waals surface area (Å²) in [4.78, 5) is 2.62. The minimum atomic E-state index is 0.369. The number of nitrogens with zero attached hydrogens (tertiary/aromatic N) is 1. The predicted molar refractivity (Wildman–Crippen MR) is 68.9 cm³/mol. The molecule has 16 heavy (non-hydrogen) atoms. The first-order chi connectivity index (χ1) is 7.79. The number of nitrogens with one attached hydrogen (secondary N) is 1. The Morgan fingerprint density at radius 2 is 1.94 bits per heavy atom. The molecule has 1 rings (SSSR count). The topological polar surface area (TPSA) is 24.5 Å². The van der Waals surface area contributed by atoms with Crippen molar-refractivity contribution in [2.75, 3.05) is 39.4 Å². The molecule has 0 bridgehead atoms. The summed E-state index contributed by atoms with van der Waals surface area (Å²) in [5, 5.41) is 3.53. The number of hydrogen-bond acceptors (Lipinski definition) is 3. The van der Waals surface area contributed by atoms with Gasteiger partial charge in [0.2, 0.25) is 0 Å². The van der Waals surface area contributed by atoms with Crippen LogP contribution in [-0.4, -0.2) is 49.8 Å². The summed E-state index contributed by atoms with van der Waals surface area (Å²) in [5.74, 6) is 0. The van der Waals surface area contributed by atoms with Crippen LogP contribution < -0.4 is 5.32 Å². The van der Waals surface area contributed by atoms with Gasteiger partial charge in [-0.25, -0.2) is 0 Å². The van der Waals surface area contributed by atoms with Crippen molar-refractivity contribution in [3.05, 3.63) is 0 Å². The molecule has 0 radical (unpaired) electrons. The van der Waals surface area contributed by atoms with E-state index >= 15 is 0 Å². The van der Waals surface area contributed by atoms with Crippen molar-refractivity contribution in [3.63, 3.8) is 0 Å². The third-order valence-corrected chi connectivity index (χ3v) is 3.85. The van der Waals surface area contributed by atoms with E-state index in [-0.39, 0.29) is 0 Å². The zero-order valence-electron chi connectivity index (χ0n) is 11.2. The lowest BCUT2D eigenvalue weighted by molar-refractivity contribution is 0.0193. The van der Waals surface area contributed by atoms with E-state index in [9.17, 15) is 0 Å². The van der Waals surface area contributed by atoms with Gasteiger partial charge in [-0.15, -0.1) is 0 Å². The van der Waals surface area contributed by atoms with Crippen LogP contribution in [0.15, 0.2) is 0 Å². The van der Waals surface area contributed by atoms with Crippen LogP contribution in [0.1, 0.15) is 40.0 Å². The van der Waals surface area contributed by atoms with Crippen molar-refractivity contribution < 1.29 is 4.74 Å². The highest BCUT2D eigenvalue weighted by Gasteiger charge is 2.34. The Labute approximate surface area is 101 Å². The van der Waals surface area contributed by atoms with E-state index in [0.717, 1.165) is 45.8 Å². The van der Waals surface area contributed by atoms with Gasteiger partial charge in [0.1, 0.15) is 0 Å². The van der Waals surface area contributed by atoms with Gasteiger partial charge in [-0.3, -0.25) is 4.90 Å². The lowest BCUT2D eigenvalue weighted by Gasteiger charge is -2.47. The van der Waals surface area contributed by atoms with Crippen molar-refractivity contribution in [1.29, 1.82) is 0 Å². The Balaban J connectivity index is 2.40. The molecule has 0 atom stereocenters. The van der Waals surface area contributed by atoms with Crippen LogP contribution in [0.25, 0.3) is 0 Å². The molecule has 0 aliphatic carbocycles. The van der Waals surface area contributed by atoms with Crippen molar-refractivity contribution in [1.82, 2.24) is 10.2 Å². The molecule has 0 aromatic carbocycles. The third kappa shape index (κ3) is 3.44. The highest BCUT2D eigenvalue weighted by molar-refractivity contribution is 4.93. The molecule has 1 fully saturated rings. The van der Waals surface area contributed by atoms with Crippen LogP contribution in [0.2, 0.25) is 0 Å². The van der Waals surface area contributed by atoms with Gasteiger partial charge in [-0.2, -0.15) is 0 Å². The molecule has 1 saturated heterocycles. The molecule has 1 heterocycles. The van der Waals surface area contributed by atoms with Crippen molar-refractivity contribution in [2.45, 2.75) is 45.6 Å². The van der Waals surface area contributed by atoms with E-state index in [4.69, 9.17) is 4.74 Å². The zero-order chi connectivity index (χ0) is 11.9. The van der Waals surface area contributed by atoms with Crippen LogP contribution in [-0.2, 0) is 4.74 Å². The van der Waals surface area contributed by atoms with Crippen LogP contribution in [0.3, 0.4) is 0 Å².